The zero-order valence-electron chi connectivity index (χ0n) is 14.8. The summed E-state index contributed by atoms with van der Waals surface area (Å²) < 4.78 is 30.4. The predicted molar refractivity (Wildman–Crippen MR) is 101 cm³/mol. The minimum atomic E-state index is -0.423. The minimum Gasteiger partial charge on any atom is -0.494 e. The number of rotatable bonds is 2. The molecule has 5 heteroatoms. The largest absolute Gasteiger partial charge is 0.494 e. The normalized spacial score (nSPS) is 13.9. The molecule has 4 nitrogen and oxygen atoms in total. The second kappa shape index (κ2) is 5.98. The molecular weight excluding hydrogens is 347 g/mol. The fourth-order valence-electron chi connectivity index (χ4n) is 4.02. The van der Waals surface area contributed by atoms with E-state index in [1.54, 1.807) is 24.5 Å². The van der Waals surface area contributed by atoms with Crippen molar-refractivity contribution in [1.82, 2.24) is 0 Å². The first-order valence-electron chi connectivity index (χ1n) is 8.99. The first kappa shape index (κ1) is 16.1. The molecule has 0 saturated carbocycles. The molecule has 0 bridgehead atoms. The van der Waals surface area contributed by atoms with Crippen molar-refractivity contribution in [1.29, 1.82) is 0 Å². The lowest BCUT2D eigenvalue weighted by Crippen LogP contribution is -2.15. The van der Waals surface area contributed by atoms with Crippen molar-refractivity contribution >= 4 is 21.9 Å². The molecule has 2 heterocycles. The number of hydrogen-bond acceptors (Lipinski definition) is 4. The van der Waals surface area contributed by atoms with E-state index in [9.17, 15) is 9.18 Å². The van der Waals surface area contributed by atoms with E-state index >= 15 is 0 Å². The lowest BCUT2D eigenvalue weighted by Gasteiger charge is -2.16. The van der Waals surface area contributed by atoms with E-state index in [0.29, 0.717) is 16.7 Å². The smallest absolute Gasteiger partial charge is 0.339 e. The zero-order chi connectivity index (χ0) is 18.5. The van der Waals surface area contributed by atoms with Crippen LogP contribution in [0, 0.1) is 5.82 Å². The van der Waals surface area contributed by atoms with Gasteiger partial charge in [0.2, 0.25) is 0 Å². The summed E-state index contributed by atoms with van der Waals surface area (Å²) in [6.07, 6.45) is 5.30. The Hall–Kier alpha value is -3.08. The Morgan fingerprint density at radius 3 is 2.59 bits per heavy atom. The molecule has 0 fully saturated rings. The van der Waals surface area contributed by atoms with Crippen LogP contribution in [0.1, 0.15) is 24.0 Å². The van der Waals surface area contributed by atoms with Crippen LogP contribution in [0.3, 0.4) is 0 Å². The molecule has 0 amide bonds. The molecule has 2 aromatic heterocycles. The van der Waals surface area contributed by atoms with Crippen LogP contribution in [0.5, 0.6) is 5.75 Å². The second-order valence-electron chi connectivity index (χ2n) is 6.90. The maximum absolute atomic E-state index is 14.2. The Bertz CT molecular complexity index is 1250. The fraction of sp³-hybridized carbons (Fsp3) is 0.227. The van der Waals surface area contributed by atoms with Crippen molar-refractivity contribution in [3.05, 3.63) is 64.0 Å². The summed E-state index contributed by atoms with van der Waals surface area (Å²) in [5.41, 5.74) is 4.25. The fourth-order valence-corrected chi connectivity index (χ4v) is 4.02. The summed E-state index contributed by atoms with van der Waals surface area (Å²) in [6, 6.07) is 8.60. The molecule has 1 aliphatic carbocycles. The average molecular weight is 364 g/mol. The molecule has 0 radical (unpaired) electrons. The summed E-state index contributed by atoms with van der Waals surface area (Å²) in [5, 5.41) is 1.81. The van der Waals surface area contributed by atoms with Gasteiger partial charge in [-0.05, 0) is 55.0 Å². The van der Waals surface area contributed by atoms with Gasteiger partial charge in [-0.2, -0.15) is 0 Å². The number of aryl methyl sites for hydroxylation is 1. The number of hydrogen-bond donors (Lipinski definition) is 0. The van der Waals surface area contributed by atoms with Gasteiger partial charge in [0, 0.05) is 28.0 Å². The number of furan rings is 1. The van der Waals surface area contributed by atoms with Gasteiger partial charge in [0.05, 0.1) is 13.4 Å². The molecular formula is C22H17FO4. The summed E-state index contributed by atoms with van der Waals surface area (Å²) in [7, 11) is 1.44. The predicted octanol–water partition coefficient (Wildman–Crippen LogP) is 5.23. The van der Waals surface area contributed by atoms with Gasteiger partial charge in [0.25, 0.3) is 0 Å². The van der Waals surface area contributed by atoms with Crippen LogP contribution in [-0.4, -0.2) is 7.11 Å². The summed E-state index contributed by atoms with van der Waals surface area (Å²) in [6.45, 7) is 0. The molecule has 0 unspecified atom stereocenters. The van der Waals surface area contributed by atoms with Crippen LogP contribution in [0.2, 0.25) is 0 Å². The molecule has 0 N–H and O–H groups in total. The number of halogens is 1. The Kier molecular flexibility index (Phi) is 3.57. The lowest BCUT2D eigenvalue weighted by atomic mass is 9.90. The standard InChI is InChI=1S/C22H17FO4/c1-25-19-7-6-12(8-18(19)23)17-11-26-20-10-21-15(9-16(17)20)13-4-2-3-5-14(13)22(24)27-21/h6-11H,2-5H2,1H3. The third-order valence-electron chi connectivity index (χ3n) is 5.38. The number of fused-ring (bicyclic) bond motifs is 4. The van der Waals surface area contributed by atoms with Crippen LogP contribution in [0.15, 0.2) is 50.2 Å². The molecule has 1 aliphatic rings. The molecule has 27 heavy (non-hydrogen) atoms. The molecule has 0 saturated heterocycles. The highest BCUT2D eigenvalue weighted by Crippen LogP contribution is 2.37. The quantitative estimate of drug-likeness (QED) is 0.457. The van der Waals surface area contributed by atoms with E-state index in [1.165, 1.54) is 13.2 Å². The van der Waals surface area contributed by atoms with Gasteiger partial charge in [-0.25, -0.2) is 9.18 Å². The zero-order valence-corrected chi connectivity index (χ0v) is 14.8. The van der Waals surface area contributed by atoms with Crippen LogP contribution in [-0.2, 0) is 12.8 Å². The van der Waals surface area contributed by atoms with Crippen LogP contribution < -0.4 is 10.4 Å². The SMILES string of the molecule is COc1ccc(-c2coc3cc4oc(=O)c5c(c4cc23)CCCC5)cc1F. The summed E-state index contributed by atoms with van der Waals surface area (Å²) >= 11 is 0. The van der Waals surface area contributed by atoms with E-state index < -0.39 is 5.82 Å². The number of benzene rings is 2. The highest BCUT2D eigenvalue weighted by Gasteiger charge is 2.20. The third-order valence-corrected chi connectivity index (χ3v) is 5.38. The van der Waals surface area contributed by atoms with Crippen molar-refractivity contribution in [2.24, 2.45) is 0 Å². The van der Waals surface area contributed by atoms with Crippen molar-refractivity contribution < 1.29 is 18.0 Å². The Morgan fingerprint density at radius 2 is 1.81 bits per heavy atom. The Morgan fingerprint density at radius 1 is 1.00 bits per heavy atom. The van der Waals surface area contributed by atoms with Gasteiger partial charge in [0.1, 0.15) is 11.2 Å². The first-order valence-corrected chi connectivity index (χ1v) is 8.99. The average Bonchev–Trinajstić information content (AvgIpc) is 3.09. The van der Waals surface area contributed by atoms with Gasteiger partial charge in [-0.3, -0.25) is 0 Å². The van der Waals surface area contributed by atoms with Crippen molar-refractivity contribution in [2.45, 2.75) is 25.7 Å². The van der Waals surface area contributed by atoms with E-state index in [2.05, 4.69) is 0 Å². The van der Waals surface area contributed by atoms with Crippen molar-refractivity contribution in [3.8, 4) is 16.9 Å². The van der Waals surface area contributed by atoms with Crippen molar-refractivity contribution in [2.75, 3.05) is 7.11 Å². The maximum atomic E-state index is 14.2. The molecule has 2 aromatic carbocycles. The Balaban J connectivity index is 1.77. The summed E-state index contributed by atoms with van der Waals surface area (Å²) in [5.74, 6) is -0.221. The van der Waals surface area contributed by atoms with Crippen molar-refractivity contribution in [3.63, 3.8) is 0 Å². The van der Waals surface area contributed by atoms with E-state index in [1.807, 2.05) is 6.07 Å². The molecule has 0 spiro atoms. The number of ether oxygens (including phenoxy) is 1. The van der Waals surface area contributed by atoms with Crippen LogP contribution in [0.4, 0.5) is 4.39 Å². The molecule has 136 valence electrons. The van der Waals surface area contributed by atoms with Crippen LogP contribution >= 0.6 is 0 Å². The van der Waals surface area contributed by atoms with Gasteiger partial charge >= 0.3 is 5.63 Å². The molecule has 4 aromatic rings. The van der Waals surface area contributed by atoms with E-state index in [0.717, 1.165) is 53.1 Å². The topological polar surface area (TPSA) is 52.6 Å². The molecule has 0 aliphatic heterocycles. The monoisotopic (exact) mass is 364 g/mol. The molecule has 0 atom stereocenters. The highest BCUT2D eigenvalue weighted by atomic mass is 19.1. The third kappa shape index (κ3) is 2.46. The number of methoxy groups -OCH3 is 1. The Labute approximate surface area is 154 Å². The van der Waals surface area contributed by atoms with Gasteiger partial charge < -0.3 is 13.6 Å². The maximum Gasteiger partial charge on any atom is 0.339 e. The summed E-state index contributed by atoms with van der Waals surface area (Å²) in [4.78, 5) is 12.3. The van der Waals surface area contributed by atoms with Gasteiger partial charge in [0.15, 0.2) is 11.6 Å². The van der Waals surface area contributed by atoms with E-state index in [-0.39, 0.29) is 11.4 Å². The second-order valence-corrected chi connectivity index (χ2v) is 6.90. The molecule has 5 rings (SSSR count). The lowest BCUT2D eigenvalue weighted by molar-refractivity contribution is 0.386. The van der Waals surface area contributed by atoms with Crippen LogP contribution in [0.25, 0.3) is 33.1 Å². The van der Waals surface area contributed by atoms with E-state index in [4.69, 9.17) is 13.6 Å². The minimum absolute atomic E-state index is 0.202. The highest BCUT2D eigenvalue weighted by molar-refractivity contribution is 6.02. The first-order chi connectivity index (χ1) is 13.2. The van der Waals surface area contributed by atoms with Gasteiger partial charge in [-0.15, -0.1) is 0 Å². The van der Waals surface area contributed by atoms with Gasteiger partial charge in [-0.1, -0.05) is 6.07 Å².